The summed E-state index contributed by atoms with van der Waals surface area (Å²) in [5, 5.41) is 11.1. The zero-order chi connectivity index (χ0) is 20.4. The molecule has 0 N–H and O–H groups in total. The number of pyridine rings is 1. The van der Waals surface area contributed by atoms with Gasteiger partial charge in [-0.15, -0.1) is 0 Å². The van der Waals surface area contributed by atoms with E-state index in [1.807, 2.05) is 29.2 Å². The molecule has 1 aliphatic heterocycles. The van der Waals surface area contributed by atoms with Gasteiger partial charge in [0, 0.05) is 48.2 Å². The minimum absolute atomic E-state index is 0.0157. The summed E-state index contributed by atoms with van der Waals surface area (Å²) in [6.45, 7) is 2.33. The molecule has 0 radical (unpaired) electrons. The van der Waals surface area contributed by atoms with Crippen molar-refractivity contribution < 1.29 is 9.53 Å². The first-order chi connectivity index (χ1) is 14.1. The molecule has 1 saturated heterocycles. The number of nitriles is 1. The zero-order valence-electron chi connectivity index (χ0n) is 15.9. The minimum atomic E-state index is -0.0157. The molecule has 7 heteroatoms. The van der Waals surface area contributed by atoms with Crippen molar-refractivity contribution in [1.29, 1.82) is 5.26 Å². The van der Waals surface area contributed by atoms with Gasteiger partial charge >= 0.3 is 0 Å². The Kier molecular flexibility index (Phi) is 5.24. The monoisotopic (exact) mass is 406 g/mol. The molecule has 2 heterocycles. The summed E-state index contributed by atoms with van der Waals surface area (Å²) in [6.07, 6.45) is 0. The Bertz CT molecular complexity index is 1100. The molecule has 1 amide bonds. The summed E-state index contributed by atoms with van der Waals surface area (Å²) in [5.41, 5.74) is 1.93. The third kappa shape index (κ3) is 3.82. The maximum absolute atomic E-state index is 12.7. The van der Waals surface area contributed by atoms with Crippen LogP contribution in [0.3, 0.4) is 0 Å². The number of ether oxygens (including phenoxy) is 1. The molecule has 0 atom stereocenters. The van der Waals surface area contributed by atoms with Gasteiger partial charge in [-0.25, -0.2) is 4.98 Å². The summed E-state index contributed by atoms with van der Waals surface area (Å²) in [6, 6.07) is 16.6. The number of anilines is 1. The molecule has 6 nitrogen and oxygen atoms in total. The van der Waals surface area contributed by atoms with Crippen LogP contribution in [0.4, 0.5) is 5.82 Å². The van der Waals surface area contributed by atoms with Gasteiger partial charge in [0.05, 0.1) is 18.2 Å². The SMILES string of the molecule is COc1ccc2cc(C#N)c(N3CCN(C(=O)c4ccc(Cl)cc4)CC3)nc2c1. The molecular formula is C22H19ClN4O2. The fraction of sp³-hybridized carbons (Fsp3) is 0.227. The summed E-state index contributed by atoms with van der Waals surface area (Å²) in [7, 11) is 1.61. The molecule has 0 bridgehead atoms. The lowest BCUT2D eigenvalue weighted by atomic mass is 10.1. The maximum atomic E-state index is 12.7. The van der Waals surface area contributed by atoms with Gasteiger partial charge in [0.15, 0.2) is 0 Å². The van der Waals surface area contributed by atoms with Crippen LogP contribution >= 0.6 is 11.6 Å². The highest BCUT2D eigenvalue weighted by Crippen LogP contribution is 2.27. The number of hydrogen-bond donors (Lipinski definition) is 0. The zero-order valence-corrected chi connectivity index (χ0v) is 16.7. The molecule has 146 valence electrons. The number of nitrogens with zero attached hydrogens (tertiary/aromatic N) is 4. The van der Waals surface area contributed by atoms with Crippen molar-refractivity contribution in [3.8, 4) is 11.8 Å². The van der Waals surface area contributed by atoms with E-state index in [2.05, 4.69) is 11.0 Å². The van der Waals surface area contributed by atoms with E-state index in [4.69, 9.17) is 21.3 Å². The van der Waals surface area contributed by atoms with Crippen LogP contribution in [-0.2, 0) is 0 Å². The Labute approximate surface area is 173 Å². The summed E-state index contributed by atoms with van der Waals surface area (Å²) in [4.78, 5) is 21.3. The van der Waals surface area contributed by atoms with Gasteiger partial charge in [0.1, 0.15) is 17.6 Å². The van der Waals surface area contributed by atoms with Crippen molar-refractivity contribution in [2.24, 2.45) is 0 Å². The van der Waals surface area contributed by atoms with E-state index in [1.165, 1.54) is 0 Å². The maximum Gasteiger partial charge on any atom is 0.253 e. The first-order valence-electron chi connectivity index (χ1n) is 9.28. The Morgan fingerprint density at radius 3 is 2.48 bits per heavy atom. The fourth-order valence-corrected chi connectivity index (χ4v) is 3.61. The second-order valence-corrected chi connectivity index (χ2v) is 7.25. The molecule has 29 heavy (non-hydrogen) atoms. The number of amides is 1. The Balaban J connectivity index is 1.54. The average Bonchev–Trinajstić information content (AvgIpc) is 2.78. The molecule has 2 aromatic carbocycles. The topological polar surface area (TPSA) is 69.5 Å². The van der Waals surface area contributed by atoms with Crippen LogP contribution in [-0.4, -0.2) is 49.1 Å². The van der Waals surface area contributed by atoms with Gasteiger partial charge in [-0.2, -0.15) is 5.26 Å². The Morgan fingerprint density at radius 1 is 1.10 bits per heavy atom. The Hall–Kier alpha value is -3.30. The molecule has 1 aliphatic rings. The molecular weight excluding hydrogens is 388 g/mol. The normalized spacial score (nSPS) is 14.0. The van der Waals surface area contributed by atoms with E-state index in [9.17, 15) is 10.1 Å². The van der Waals surface area contributed by atoms with Crippen molar-refractivity contribution in [1.82, 2.24) is 9.88 Å². The largest absolute Gasteiger partial charge is 0.497 e. The number of benzene rings is 2. The number of aromatic nitrogens is 1. The van der Waals surface area contributed by atoms with E-state index in [-0.39, 0.29) is 5.91 Å². The van der Waals surface area contributed by atoms with Crippen molar-refractivity contribution in [3.05, 3.63) is 64.7 Å². The van der Waals surface area contributed by atoms with Gasteiger partial charge in [0.25, 0.3) is 5.91 Å². The van der Waals surface area contributed by atoms with Crippen LogP contribution in [0.2, 0.25) is 5.02 Å². The third-order valence-corrected chi connectivity index (χ3v) is 5.33. The minimum Gasteiger partial charge on any atom is -0.497 e. The average molecular weight is 407 g/mol. The van der Waals surface area contributed by atoms with Crippen molar-refractivity contribution in [2.75, 3.05) is 38.2 Å². The van der Waals surface area contributed by atoms with Gasteiger partial charge in [0.2, 0.25) is 0 Å². The van der Waals surface area contributed by atoms with E-state index in [1.54, 1.807) is 31.4 Å². The predicted octanol–water partition coefficient (Wildman–Crippen LogP) is 3.73. The van der Waals surface area contributed by atoms with Gasteiger partial charge in [-0.1, -0.05) is 11.6 Å². The second kappa shape index (κ2) is 7.98. The second-order valence-electron chi connectivity index (χ2n) is 6.82. The standard InChI is InChI=1S/C22H19ClN4O2/c1-29-19-7-4-16-12-17(14-24)21(25-20(16)13-19)26-8-10-27(11-9-26)22(28)15-2-5-18(23)6-3-15/h2-7,12-13H,8-11H2,1H3. The summed E-state index contributed by atoms with van der Waals surface area (Å²) >= 11 is 5.91. The number of rotatable bonds is 3. The number of carbonyl (C=O) groups excluding carboxylic acids is 1. The van der Waals surface area contributed by atoms with Crippen LogP contribution in [0.5, 0.6) is 5.75 Å². The fourth-order valence-electron chi connectivity index (χ4n) is 3.48. The predicted molar refractivity (Wildman–Crippen MR) is 113 cm³/mol. The first-order valence-corrected chi connectivity index (χ1v) is 9.65. The number of methoxy groups -OCH3 is 1. The van der Waals surface area contributed by atoms with Crippen LogP contribution in [0, 0.1) is 11.3 Å². The highest BCUT2D eigenvalue weighted by molar-refractivity contribution is 6.30. The number of piperazine rings is 1. The highest BCUT2D eigenvalue weighted by atomic mass is 35.5. The number of carbonyl (C=O) groups is 1. The molecule has 0 aliphatic carbocycles. The third-order valence-electron chi connectivity index (χ3n) is 5.08. The number of hydrogen-bond acceptors (Lipinski definition) is 5. The first kappa shape index (κ1) is 19.0. The number of halogens is 1. The summed E-state index contributed by atoms with van der Waals surface area (Å²) < 4.78 is 5.28. The van der Waals surface area contributed by atoms with E-state index in [0.29, 0.717) is 48.1 Å². The molecule has 1 fully saturated rings. The molecule has 3 aromatic rings. The lowest BCUT2D eigenvalue weighted by Gasteiger charge is -2.36. The van der Waals surface area contributed by atoms with E-state index >= 15 is 0 Å². The molecule has 1 aromatic heterocycles. The number of fused-ring (bicyclic) bond motifs is 1. The smallest absolute Gasteiger partial charge is 0.253 e. The van der Waals surface area contributed by atoms with Crippen LogP contribution in [0.1, 0.15) is 15.9 Å². The van der Waals surface area contributed by atoms with E-state index < -0.39 is 0 Å². The quantitative estimate of drug-likeness (QED) is 0.662. The molecule has 0 saturated carbocycles. The lowest BCUT2D eigenvalue weighted by molar-refractivity contribution is 0.0746. The van der Waals surface area contributed by atoms with Crippen LogP contribution < -0.4 is 9.64 Å². The van der Waals surface area contributed by atoms with Crippen LogP contribution in [0.15, 0.2) is 48.5 Å². The van der Waals surface area contributed by atoms with Gasteiger partial charge in [-0.3, -0.25) is 4.79 Å². The van der Waals surface area contributed by atoms with Crippen LogP contribution in [0.25, 0.3) is 10.9 Å². The lowest BCUT2D eigenvalue weighted by Crippen LogP contribution is -2.49. The van der Waals surface area contributed by atoms with Crippen molar-refractivity contribution in [3.63, 3.8) is 0 Å². The highest BCUT2D eigenvalue weighted by Gasteiger charge is 2.24. The van der Waals surface area contributed by atoms with Crippen molar-refractivity contribution in [2.45, 2.75) is 0 Å². The van der Waals surface area contributed by atoms with Gasteiger partial charge < -0.3 is 14.5 Å². The Morgan fingerprint density at radius 2 is 1.83 bits per heavy atom. The molecule has 4 rings (SSSR count). The van der Waals surface area contributed by atoms with Crippen molar-refractivity contribution >= 4 is 34.2 Å². The van der Waals surface area contributed by atoms with E-state index in [0.717, 1.165) is 16.7 Å². The van der Waals surface area contributed by atoms with Gasteiger partial charge in [-0.05, 0) is 42.5 Å². The molecule has 0 spiro atoms. The summed E-state index contributed by atoms with van der Waals surface area (Å²) in [5.74, 6) is 1.35. The molecule has 0 unspecified atom stereocenters.